The zero-order valence-corrected chi connectivity index (χ0v) is 20.8. The number of halogens is 1. The molecule has 9 nitrogen and oxygen atoms in total. The lowest BCUT2D eigenvalue weighted by Gasteiger charge is -2.30. The fraction of sp³-hybridized carbons (Fsp3) is 0.286. The van der Waals surface area contributed by atoms with E-state index in [1.807, 2.05) is 12.1 Å². The van der Waals surface area contributed by atoms with Crippen LogP contribution in [0.15, 0.2) is 42.5 Å². The Labute approximate surface area is 201 Å². The van der Waals surface area contributed by atoms with Crippen molar-refractivity contribution >= 4 is 49.7 Å². The van der Waals surface area contributed by atoms with Crippen LogP contribution in [0.25, 0.3) is 10.6 Å². The second-order valence-electron chi connectivity index (χ2n) is 6.93. The van der Waals surface area contributed by atoms with Crippen molar-refractivity contribution < 1.29 is 22.7 Å². The lowest BCUT2D eigenvalue weighted by Crippen LogP contribution is -2.47. The second-order valence-corrected chi connectivity index (χ2v) is 10.2. The van der Waals surface area contributed by atoms with Crippen LogP contribution in [0.5, 0.6) is 11.5 Å². The van der Waals surface area contributed by atoms with Crippen LogP contribution in [0.4, 0.5) is 10.8 Å². The van der Waals surface area contributed by atoms with E-state index in [9.17, 15) is 13.2 Å². The van der Waals surface area contributed by atoms with E-state index in [4.69, 9.17) is 21.1 Å². The number of carbonyl (C=O) groups excluding carboxylic acids is 1. The monoisotopic (exact) mass is 510 g/mol. The van der Waals surface area contributed by atoms with Gasteiger partial charge in [-0.05, 0) is 48.9 Å². The number of sulfonamides is 1. The molecule has 3 aromatic rings. The maximum Gasteiger partial charge on any atom is 0.250 e. The number of ether oxygens (including phenoxy) is 2. The second kappa shape index (κ2) is 10.4. The summed E-state index contributed by atoms with van der Waals surface area (Å²) in [6.07, 6.45) is 1.22. The van der Waals surface area contributed by atoms with Crippen LogP contribution in [0, 0.1) is 0 Å². The van der Waals surface area contributed by atoms with Gasteiger partial charge in [0.15, 0.2) is 0 Å². The van der Waals surface area contributed by atoms with Gasteiger partial charge in [-0.15, -0.1) is 10.2 Å². The van der Waals surface area contributed by atoms with E-state index in [2.05, 4.69) is 15.5 Å². The number of nitrogens with one attached hydrogen (secondary N) is 1. The molecule has 12 heteroatoms. The molecule has 0 aliphatic heterocycles. The van der Waals surface area contributed by atoms with E-state index < -0.39 is 22.0 Å². The highest BCUT2D eigenvalue weighted by Crippen LogP contribution is 2.35. The molecule has 1 N–H and O–H groups in total. The van der Waals surface area contributed by atoms with Crippen molar-refractivity contribution in [2.24, 2.45) is 0 Å². The highest BCUT2D eigenvalue weighted by molar-refractivity contribution is 7.92. The van der Waals surface area contributed by atoms with E-state index in [1.54, 1.807) is 38.3 Å². The first kappa shape index (κ1) is 24.7. The minimum Gasteiger partial charge on any atom is -0.497 e. The predicted octanol–water partition coefficient (Wildman–Crippen LogP) is 4.06. The summed E-state index contributed by atoms with van der Waals surface area (Å²) in [4.78, 5) is 13.2. The van der Waals surface area contributed by atoms with Gasteiger partial charge >= 0.3 is 0 Å². The van der Waals surface area contributed by atoms with Crippen LogP contribution >= 0.6 is 22.9 Å². The van der Waals surface area contributed by atoms with Crippen molar-refractivity contribution in [1.29, 1.82) is 0 Å². The number of aromatic nitrogens is 2. The van der Waals surface area contributed by atoms with Gasteiger partial charge < -0.3 is 9.47 Å². The molecular weight excluding hydrogens is 488 g/mol. The predicted molar refractivity (Wildman–Crippen MR) is 130 cm³/mol. The zero-order valence-electron chi connectivity index (χ0n) is 18.4. The Hall–Kier alpha value is -2.89. The van der Waals surface area contributed by atoms with Crippen molar-refractivity contribution in [3.8, 4) is 22.1 Å². The van der Waals surface area contributed by atoms with Crippen LogP contribution < -0.4 is 19.1 Å². The molecule has 33 heavy (non-hydrogen) atoms. The molecule has 1 atom stereocenters. The maximum absolute atomic E-state index is 13.2. The van der Waals surface area contributed by atoms with E-state index in [1.165, 1.54) is 24.5 Å². The van der Waals surface area contributed by atoms with Crippen molar-refractivity contribution in [2.75, 3.05) is 30.1 Å². The van der Waals surface area contributed by atoms with Crippen LogP contribution in [-0.4, -0.2) is 51.0 Å². The standard InChI is InChI=1S/C21H23ClN4O5S2/c1-5-16(26(33(4,28)29)17-12-14(22)8-11-18(17)31-3)19(27)23-21-25-24-20(32-21)13-6-9-15(30-2)10-7-13/h6-12,16H,5H2,1-4H3,(H,23,25,27)/t16-/m0/s1. The fourth-order valence-electron chi connectivity index (χ4n) is 3.18. The SMILES string of the molecule is CC[C@@H](C(=O)Nc1nnc(-c2ccc(OC)cc2)s1)N(c1cc(Cl)ccc1OC)S(C)(=O)=O. The van der Waals surface area contributed by atoms with Crippen LogP contribution in [0.3, 0.4) is 0 Å². The van der Waals surface area contributed by atoms with E-state index in [0.29, 0.717) is 15.8 Å². The zero-order chi connectivity index (χ0) is 24.2. The summed E-state index contributed by atoms with van der Waals surface area (Å²) in [7, 11) is -0.878. The molecule has 1 heterocycles. The molecule has 0 spiro atoms. The third kappa shape index (κ3) is 5.73. The van der Waals surface area contributed by atoms with Gasteiger partial charge in [-0.25, -0.2) is 8.42 Å². The number of nitrogens with zero attached hydrogens (tertiary/aromatic N) is 3. The molecule has 0 aliphatic rings. The van der Waals surface area contributed by atoms with Gasteiger partial charge in [0.2, 0.25) is 21.1 Å². The first-order valence-electron chi connectivity index (χ1n) is 9.79. The maximum atomic E-state index is 13.2. The Morgan fingerprint density at radius 1 is 1.15 bits per heavy atom. The number of amides is 1. The lowest BCUT2D eigenvalue weighted by molar-refractivity contribution is -0.117. The number of methoxy groups -OCH3 is 2. The average molecular weight is 511 g/mol. The Balaban J connectivity index is 1.89. The van der Waals surface area contributed by atoms with Crippen molar-refractivity contribution in [3.63, 3.8) is 0 Å². The van der Waals surface area contributed by atoms with Crippen LogP contribution in [0.1, 0.15) is 13.3 Å². The minimum atomic E-state index is -3.87. The Morgan fingerprint density at radius 2 is 1.85 bits per heavy atom. The third-order valence-electron chi connectivity index (χ3n) is 4.70. The van der Waals surface area contributed by atoms with Gasteiger partial charge in [-0.3, -0.25) is 14.4 Å². The Kier molecular flexibility index (Phi) is 7.77. The summed E-state index contributed by atoms with van der Waals surface area (Å²) in [5, 5.41) is 12.0. The molecule has 0 saturated carbocycles. The van der Waals surface area contributed by atoms with E-state index >= 15 is 0 Å². The molecule has 1 amide bonds. The Bertz CT molecular complexity index is 1230. The largest absolute Gasteiger partial charge is 0.497 e. The average Bonchev–Trinajstić information content (AvgIpc) is 3.24. The highest BCUT2D eigenvalue weighted by atomic mass is 35.5. The summed E-state index contributed by atoms with van der Waals surface area (Å²) in [6, 6.07) is 10.8. The molecule has 0 radical (unpaired) electrons. The number of hydrogen-bond donors (Lipinski definition) is 1. The number of benzene rings is 2. The van der Waals surface area contributed by atoms with Crippen LogP contribution in [0.2, 0.25) is 5.02 Å². The first-order chi connectivity index (χ1) is 15.7. The summed E-state index contributed by atoms with van der Waals surface area (Å²) in [6.45, 7) is 1.71. The molecular formula is C21H23ClN4O5S2. The number of hydrogen-bond acceptors (Lipinski definition) is 8. The third-order valence-corrected chi connectivity index (χ3v) is 6.99. The van der Waals surface area contributed by atoms with Crippen molar-refractivity contribution in [2.45, 2.75) is 19.4 Å². The molecule has 3 rings (SSSR count). The van der Waals surface area contributed by atoms with Gasteiger partial charge in [0, 0.05) is 10.6 Å². The minimum absolute atomic E-state index is 0.172. The normalized spacial score (nSPS) is 12.2. The van der Waals surface area contributed by atoms with Gasteiger partial charge in [-0.1, -0.05) is 29.9 Å². The van der Waals surface area contributed by atoms with Crippen molar-refractivity contribution in [1.82, 2.24) is 10.2 Å². The molecule has 176 valence electrons. The van der Waals surface area contributed by atoms with Gasteiger partial charge in [0.25, 0.3) is 0 Å². The molecule has 1 aromatic heterocycles. The van der Waals surface area contributed by atoms with E-state index in [0.717, 1.165) is 16.1 Å². The Morgan fingerprint density at radius 3 is 2.42 bits per heavy atom. The first-order valence-corrected chi connectivity index (χ1v) is 12.8. The number of rotatable bonds is 9. The quantitative estimate of drug-likeness (QED) is 0.462. The summed E-state index contributed by atoms with van der Waals surface area (Å²) in [5.41, 5.74) is 0.980. The highest BCUT2D eigenvalue weighted by Gasteiger charge is 2.34. The molecule has 0 aliphatic carbocycles. The molecule has 2 aromatic carbocycles. The van der Waals surface area contributed by atoms with Crippen LogP contribution in [-0.2, 0) is 14.8 Å². The van der Waals surface area contributed by atoms with E-state index in [-0.39, 0.29) is 23.0 Å². The van der Waals surface area contributed by atoms with Gasteiger partial charge in [0.1, 0.15) is 22.5 Å². The van der Waals surface area contributed by atoms with Gasteiger partial charge in [0.05, 0.1) is 26.2 Å². The number of anilines is 2. The summed E-state index contributed by atoms with van der Waals surface area (Å²) < 4.78 is 36.9. The summed E-state index contributed by atoms with van der Waals surface area (Å²) in [5.74, 6) is 0.427. The van der Waals surface area contributed by atoms with Gasteiger partial charge in [-0.2, -0.15) is 0 Å². The summed E-state index contributed by atoms with van der Waals surface area (Å²) >= 11 is 7.28. The lowest BCUT2D eigenvalue weighted by atomic mass is 10.2. The van der Waals surface area contributed by atoms with Crippen molar-refractivity contribution in [3.05, 3.63) is 47.5 Å². The topological polar surface area (TPSA) is 111 Å². The smallest absolute Gasteiger partial charge is 0.250 e. The fourth-order valence-corrected chi connectivity index (χ4v) is 5.31. The number of carbonyl (C=O) groups is 1. The molecule has 0 fully saturated rings. The molecule has 0 saturated heterocycles. The molecule has 0 unspecified atom stereocenters. The molecule has 0 bridgehead atoms.